The van der Waals surface area contributed by atoms with Crippen LogP contribution >= 0.6 is 37.2 Å². The van der Waals surface area contributed by atoms with E-state index in [1.807, 2.05) is 35.2 Å². The first-order valence-corrected chi connectivity index (χ1v) is 8.55. The lowest BCUT2D eigenvalue weighted by Crippen LogP contribution is -2.51. The summed E-state index contributed by atoms with van der Waals surface area (Å²) in [5, 5.41) is 0. The van der Waals surface area contributed by atoms with Gasteiger partial charge in [-0.3, -0.25) is 14.7 Å². The quantitative estimate of drug-likeness (QED) is 0.759. The van der Waals surface area contributed by atoms with Crippen LogP contribution in [0.1, 0.15) is 17.2 Å². The molecule has 0 spiro atoms. The number of benzene rings is 1. The van der Waals surface area contributed by atoms with Crippen LogP contribution in [0.5, 0.6) is 0 Å². The molecule has 1 amide bonds. The Kier molecular flexibility index (Phi) is 12.2. The Bertz CT molecular complexity index is 715. The highest BCUT2D eigenvalue weighted by atomic mass is 35.5. The first-order valence-electron chi connectivity index (χ1n) is 8.55. The normalized spacial score (nSPS) is 14.9. The predicted octanol–water partition coefficient (Wildman–Crippen LogP) is 2.87. The van der Waals surface area contributed by atoms with Gasteiger partial charge in [-0.05, 0) is 23.6 Å². The van der Waals surface area contributed by atoms with Crippen LogP contribution in [0, 0.1) is 5.82 Å². The van der Waals surface area contributed by atoms with E-state index in [9.17, 15) is 9.18 Å². The molecule has 0 radical (unpaired) electrons. The second kappa shape index (κ2) is 12.9. The van der Waals surface area contributed by atoms with E-state index in [0.29, 0.717) is 25.1 Å². The molecule has 1 aromatic carbocycles. The highest BCUT2D eigenvalue weighted by Gasteiger charge is 2.26. The van der Waals surface area contributed by atoms with Crippen LogP contribution < -0.4 is 5.73 Å². The summed E-state index contributed by atoms with van der Waals surface area (Å²) in [6, 6.07) is 10.5. The number of pyridine rings is 1. The molecule has 1 fully saturated rings. The molecule has 1 aromatic heterocycles. The smallest absolute Gasteiger partial charge is 0.244 e. The minimum atomic E-state index is -0.612. The Morgan fingerprint density at radius 1 is 1.07 bits per heavy atom. The molecular weight excluding hydrogens is 426 g/mol. The number of amides is 1. The average Bonchev–Trinajstić information content (AvgIpc) is 2.67. The van der Waals surface area contributed by atoms with Crippen molar-refractivity contribution in [3.8, 4) is 0 Å². The fourth-order valence-corrected chi connectivity index (χ4v) is 3.08. The number of halogens is 4. The standard InChI is InChI=1S/C19H23FN4O.3ClH/c20-17-14-22-8-6-15(17)7-9-23-10-12-24(13-11-23)19(25)18(21)16-4-2-1-3-5-16;;;/h1-6,8,14,18H,7,9-13,21H2;3*1H/t18-;;;/m1.../s1. The van der Waals surface area contributed by atoms with Gasteiger partial charge in [0.2, 0.25) is 5.91 Å². The van der Waals surface area contributed by atoms with Crippen molar-refractivity contribution in [2.24, 2.45) is 5.73 Å². The zero-order chi connectivity index (χ0) is 17.6. The highest BCUT2D eigenvalue weighted by Crippen LogP contribution is 2.15. The molecule has 3 rings (SSSR count). The molecule has 1 aliphatic rings. The van der Waals surface area contributed by atoms with Crippen LogP contribution in [0.25, 0.3) is 0 Å². The van der Waals surface area contributed by atoms with Crippen molar-refractivity contribution >= 4 is 43.1 Å². The van der Waals surface area contributed by atoms with Crippen molar-refractivity contribution < 1.29 is 9.18 Å². The number of carbonyl (C=O) groups is 1. The zero-order valence-corrected chi connectivity index (χ0v) is 17.8. The number of piperazine rings is 1. The fourth-order valence-electron chi connectivity index (χ4n) is 3.08. The highest BCUT2D eigenvalue weighted by molar-refractivity contribution is 5.86. The maximum Gasteiger partial charge on any atom is 0.244 e. The first-order chi connectivity index (χ1) is 12.1. The van der Waals surface area contributed by atoms with Gasteiger partial charge in [0.15, 0.2) is 0 Å². The number of nitrogens with zero attached hydrogens (tertiary/aromatic N) is 3. The van der Waals surface area contributed by atoms with Crippen molar-refractivity contribution in [2.45, 2.75) is 12.5 Å². The van der Waals surface area contributed by atoms with Gasteiger partial charge in [-0.25, -0.2) is 4.39 Å². The third kappa shape index (κ3) is 6.87. The van der Waals surface area contributed by atoms with Gasteiger partial charge in [0.1, 0.15) is 11.9 Å². The number of hydrogen-bond donors (Lipinski definition) is 1. The number of hydrogen-bond acceptors (Lipinski definition) is 4. The Hall–Kier alpha value is -1.44. The Balaban J connectivity index is 0.00000243. The molecule has 0 aliphatic carbocycles. The lowest BCUT2D eigenvalue weighted by molar-refractivity contribution is -0.134. The van der Waals surface area contributed by atoms with Gasteiger partial charge in [-0.1, -0.05) is 30.3 Å². The van der Waals surface area contributed by atoms with Crippen LogP contribution in [-0.2, 0) is 11.2 Å². The summed E-state index contributed by atoms with van der Waals surface area (Å²) in [6.45, 7) is 3.63. The second-order valence-corrected chi connectivity index (χ2v) is 6.27. The molecule has 1 aliphatic heterocycles. The SMILES string of the molecule is Cl.Cl.Cl.N[C@@H](C(=O)N1CCN(CCc2ccncc2F)CC1)c1ccccc1. The number of rotatable bonds is 5. The van der Waals surface area contributed by atoms with E-state index in [1.165, 1.54) is 6.20 Å². The van der Waals surface area contributed by atoms with Crippen LogP contribution in [0.2, 0.25) is 0 Å². The minimum Gasteiger partial charge on any atom is -0.338 e. The summed E-state index contributed by atoms with van der Waals surface area (Å²) in [4.78, 5) is 20.4. The molecule has 156 valence electrons. The fraction of sp³-hybridized carbons (Fsp3) is 0.368. The topological polar surface area (TPSA) is 62.5 Å². The van der Waals surface area contributed by atoms with E-state index in [-0.39, 0.29) is 48.9 Å². The summed E-state index contributed by atoms with van der Waals surface area (Å²) in [5.41, 5.74) is 7.62. The molecule has 2 heterocycles. The van der Waals surface area contributed by atoms with Crippen LogP contribution in [0.4, 0.5) is 4.39 Å². The summed E-state index contributed by atoms with van der Waals surface area (Å²) in [7, 11) is 0. The predicted molar refractivity (Wildman–Crippen MR) is 116 cm³/mol. The molecular formula is C19H26Cl3FN4O. The average molecular weight is 452 g/mol. The van der Waals surface area contributed by atoms with Gasteiger partial charge in [0.05, 0.1) is 6.20 Å². The van der Waals surface area contributed by atoms with Crippen molar-refractivity contribution in [1.29, 1.82) is 0 Å². The van der Waals surface area contributed by atoms with Crippen molar-refractivity contribution in [1.82, 2.24) is 14.8 Å². The van der Waals surface area contributed by atoms with Crippen molar-refractivity contribution in [3.05, 3.63) is 65.7 Å². The zero-order valence-electron chi connectivity index (χ0n) is 15.4. The van der Waals surface area contributed by atoms with Crippen LogP contribution in [0.3, 0.4) is 0 Å². The van der Waals surface area contributed by atoms with Crippen LogP contribution in [0.15, 0.2) is 48.8 Å². The van der Waals surface area contributed by atoms with E-state index >= 15 is 0 Å². The van der Waals surface area contributed by atoms with E-state index in [0.717, 1.165) is 25.2 Å². The third-order valence-electron chi connectivity index (χ3n) is 4.66. The summed E-state index contributed by atoms with van der Waals surface area (Å²) in [6.07, 6.45) is 3.50. The molecule has 0 unspecified atom stereocenters. The summed E-state index contributed by atoms with van der Waals surface area (Å²) in [5.74, 6) is -0.295. The van der Waals surface area contributed by atoms with E-state index in [4.69, 9.17) is 5.73 Å². The minimum absolute atomic E-state index is 0. The molecule has 0 saturated carbocycles. The molecule has 5 nitrogen and oxygen atoms in total. The van der Waals surface area contributed by atoms with Gasteiger partial charge in [0, 0.05) is 38.9 Å². The van der Waals surface area contributed by atoms with Crippen molar-refractivity contribution in [3.63, 3.8) is 0 Å². The van der Waals surface area contributed by atoms with Gasteiger partial charge in [-0.2, -0.15) is 0 Å². The van der Waals surface area contributed by atoms with Crippen LogP contribution in [-0.4, -0.2) is 53.4 Å². The Morgan fingerprint density at radius 2 is 1.71 bits per heavy atom. The largest absolute Gasteiger partial charge is 0.338 e. The van der Waals surface area contributed by atoms with E-state index in [2.05, 4.69) is 9.88 Å². The Morgan fingerprint density at radius 3 is 2.32 bits per heavy atom. The number of aromatic nitrogens is 1. The summed E-state index contributed by atoms with van der Waals surface area (Å²) < 4.78 is 13.6. The molecule has 2 N–H and O–H groups in total. The molecule has 1 atom stereocenters. The van der Waals surface area contributed by atoms with E-state index in [1.54, 1.807) is 12.3 Å². The molecule has 2 aromatic rings. The molecule has 1 saturated heterocycles. The maximum atomic E-state index is 13.6. The van der Waals surface area contributed by atoms with Gasteiger partial charge in [-0.15, -0.1) is 37.2 Å². The molecule has 9 heteroatoms. The lowest BCUT2D eigenvalue weighted by Gasteiger charge is -2.36. The number of nitrogens with two attached hydrogens (primary N) is 1. The Labute approximate surface area is 183 Å². The third-order valence-corrected chi connectivity index (χ3v) is 4.66. The van der Waals surface area contributed by atoms with Gasteiger partial charge >= 0.3 is 0 Å². The second-order valence-electron chi connectivity index (χ2n) is 6.27. The first kappa shape index (κ1) is 26.6. The molecule has 0 bridgehead atoms. The summed E-state index contributed by atoms with van der Waals surface area (Å²) >= 11 is 0. The van der Waals surface area contributed by atoms with Gasteiger partial charge in [0.25, 0.3) is 0 Å². The van der Waals surface area contributed by atoms with E-state index < -0.39 is 6.04 Å². The monoisotopic (exact) mass is 450 g/mol. The molecule has 28 heavy (non-hydrogen) atoms. The maximum absolute atomic E-state index is 13.6. The lowest BCUT2D eigenvalue weighted by atomic mass is 10.1. The van der Waals surface area contributed by atoms with Crippen molar-refractivity contribution in [2.75, 3.05) is 32.7 Å². The number of carbonyl (C=O) groups excluding carboxylic acids is 1. The van der Waals surface area contributed by atoms with Gasteiger partial charge < -0.3 is 10.6 Å².